The number of carbonyl (C=O) groups is 1. The van der Waals surface area contributed by atoms with Gasteiger partial charge in [0.15, 0.2) is 0 Å². The number of amides is 1. The predicted molar refractivity (Wildman–Crippen MR) is 68.5 cm³/mol. The Hall–Kier alpha value is -1.52. The Bertz CT molecular complexity index is 536. The summed E-state index contributed by atoms with van der Waals surface area (Å²) in [6.07, 6.45) is 3.16. The molecule has 0 aliphatic carbocycles. The summed E-state index contributed by atoms with van der Waals surface area (Å²) in [6.45, 7) is 0.775. The summed E-state index contributed by atoms with van der Waals surface area (Å²) in [5, 5.41) is 1.79. The first-order valence-corrected chi connectivity index (χ1v) is 5.83. The van der Waals surface area contributed by atoms with Crippen molar-refractivity contribution in [1.29, 1.82) is 0 Å². The van der Waals surface area contributed by atoms with Crippen LogP contribution in [0.15, 0.2) is 30.5 Å². The maximum atomic E-state index is 11.0. The standard InChI is InChI=1S/C12H14ClN3O/c13-10-3-1-4-11-9(10)6-8-16(11)7-2-5-12(17)15-14/h1,3-4,6,8H,2,5,7,14H2,(H,15,17). The third-order valence-electron chi connectivity index (χ3n) is 2.72. The lowest BCUT2D eigenvalue weighted by atomic mass is 10.2. The second-order valence-electron chi connectivity index (χ2n) is 3.85. The summed E-state index contributed by atoms with van der Waals surface area (Å²) in [7, 11) is 0. The van der Waals surface area contributed by atoms with E-state index in [1.165, 1.54) is 0 Å². The summed E-state index contributed by atoms with van der Waals surface area (Å²) in [5.41, 5.74) is 3.21. The van der Waals surface area contributed by atoms with Gasteiger partial charge in [-0.1, -0.05) is 17.7 Å². The average molecular weight is 252 g/mol. The van der Waals surface area contributed by atoms with Gasteiger partial charge >= 0.3 is 0 Å². The molecule has 1 aromatic carbocycles. The lowest BCUT2D eigenvalue weighted by molar-refractivity contribution is -0.121. The van der Waals surface area contributed by atoms with Gasteiger partial charge < -0.3 is 4.57 Å². The summed E-state index contributed by atoms with van der Waals surface area (Å²) < 4.78 is 2.09. The van der Waals surface area contributed by atoms with E-state index in [0.717, 1.165) is 28.9 Å². The second kappa shape index (κ2) is 5.21. The zero-order valence-corrected chi connectivity index (χ0v) is 10.1. The molecule has 4 nitrogen and oxygen atoms in total. The zero-order chi connectivity index (χ0) is 12.3. The molecule has 3 N–H and O–H groups in total. The van der Waals surface area contributed by atoms with E-state index in [2.05, 4.69) is 9.99 Å². The Morgan fingerprint density at radius 3 is 3.00 bits per heavy atom. The van der Waals surface area contributed by atoms with Gasteiger partial charge in [0.2, 0.25) is 5.91 Å². The van der Waals surface area contributed by atoms with Gasteiger partial charge in [-0.3, -0.25) is 10.2 Å². The molecule has 0 unspecified atom stereocenters. The Labute approximate surface area is 104 Å². The number of hydrogen-bond donors (Lipinski definition) is 2. The van der Waals surface area contributed by atoms with Crippen LogP contribution < -0.4 is 11.3 Å². The summed E-state index contributed by atoms with van der Waals surface area (Å²) in [4.78, 5) is 11.0. The number of hydrogen-bond acceptors (Lipinski definition) is 2. The molecule has 0 atom stereocenters. The van der Waals surface area contributed by atoms with Crippen molar-refractivity contribution in [3.8, 4) is 0 Å². The molecule has 2 rings (SSSR count). The molecule has 0 fully saturated rings. The largest absolute Gasteiger partial charge is 0.347 e. The fourth-order valence-corrected chi connectivity index (χ4v) is 2.10. The van der Waals surface area contributed by atoms with Crippen LogP contribution in [-0.2, 0) is 11.3 Å². The third-order valence-corrected chi connectivity index (χ3v) is 3.05. The second-order valence-corrected chi connectivity index (χ2v) is 4.26. The molecule has 0 aliphatic heterocycles. The van der Waals surface area contributed by atoms with Crippen LogP contribution in [0.2, 0.25) is 5.02 Å². The molecule has 0 radical (unpaired) electrons. The van der Waals surface area contributed by atoms with Crippen LogP contribution >= 0.6 is 11.6 Å². The van der Waals surface area contributed by atoms with E-state index in [1.54, 1.807) is 0 Å². The summed E-state index contributed by atoms with van der Waals surface area (Å²) >= 11 is 6.08. The summed E-state index contributed by atoms with van der Waals surface area (Å²) in [5.74, 6) is 4.88. The van der Waals surface area contributed by atoms with Crippen LogP contribution in [0.25, 0.3) is 10.9 Å². The van der Waals surface area contributed by atoms with Gasteiger partial charge in [-0.25, -0.2) is 5.84 Å². The van der Waals surface area contributed by atoms with E-state index >= 15 is 0 Å². The number of nitrogens with two attached hydrogens (primary N) is 1. The number of benzene rings is 1. The van der Waals surface area contributed by atoms with E-state index in [4.69, 9.17) is 17.4 Å². The van der Waals surface area contributed by atoms with E-state index in [1.807, 2.05) is 30.5 Å². The number of hydrazine groups is 1. The highest BCUT2D eigenvalue weighted by atomic mass is 35.5. The van der Waals surface area contributed by atoms with Crippen LogP contribution in [-0.4, -0.2) is 10.5 Å². The fourth-order valence-electron chi connectivity index (χ4n) is 1.86. The van der Waals surface area contributed by atoms with Crippen molar-refractivity contribution < 1.29 is 4.79 Å². The maximum Gasteiger partial charge on any atom is 0.233 e. The van der Waals surface area contributed by atoms with Crippen LogP contribution in [0.4, 0.5) is 0 Å². The van der Waals surface area contributed by atoms with Crippen molar-refractivity contribution >= 4 is 28.4 Å². The van der Waals surface area contributed by atoms with Crippen LogP contribution in [0.3, 0.4) is 0 Å². The van der Waals surface area contributed by atoms with Gasteiger partial charge in [-0.15, -0.1) is 0 Å². The van der Waals surface area contributed by atoms with Crippen molar-refractivity contribution in [2.45, 2.75) is 19.4 Å². The minimum absolute atomic E-state index is 0.139. The molecule has 1 amide bonds. The number of fused-ring (bicyclic) bond motifs is 1. The van der Waals surface area contributed by atoms with Gasteiger partial charge in [0.05, 0.1) is 0 Å². The highest BCUT2D eigenvalue weighted by Gasteiger charge is 2.04. The van der Waals surface area contributed by atoms with Crippen molar-refractivity contribution in [1.82, 2.24) is 9.99 Å². The van der Waals surface area contributed by atoms with Gasteiger partial charge in [0.25, 0.3) is 0 Å². The highest BCUT2D eigenvalue weighted by Crippen LogP contribution is 2.24. The Kier molecular flexibility index (Phi) is 3.66. The fraction of sp³-hybridized carbons (Fsp3) is 0.250. The van der Waals surface area contributed by atoms with Crippen molar-refractivity contribution in [2.75, 3.05) is 0 Å². The molecule has 2 aromatic rings. The van der Waals surface area contributed by atoms with Gasteiger partial charge in [-0.05, 0) is 24.6 Å². The van der Waals surface area contributed by atoms with Gasteiger partial charge in [-0.2, -0.15) is 0 Å². The zero-order valence-electron chi connectivity index (χ0n) is 9.32. The van der Waals surface area contributed by atoms with Crippen LogP contribution in [0.1, 0.15) is 12.8 Å². The van der Waals surface area contributed by atoms with E-state index < -0.39 is 0 Å². The monoisotopic (exact) mass is 251 g/mol. The number of halogens is 1. The molecule has 0 bridgehead atoms. The van der Waals surface area contributed by atoms with Gasteiger partial charge in [0.1, 0.15) is 0 Å². The molecule has 0 saturated carbocycles. The number of carbonyl (C=O) groups excluding carboxylic acids is 1. The number of aromatic nitrogens is 1. The number of nitrogens with zero attached hydrogens (tertiary/aromatic N) is 1. The molecule has 5 heteroatoms. The quantitative estimate of drug-likeness (QED) is 0.496. The topological polar surface area (TPSA) is 60.0 Å². The first-order valence-electron chi connectivity index (χ1n) is 5.45. The molecule has 17 heavy (non-hydrogen) atoms. The number of rotatable bonds is 4. The first kappa shape index (κ1) is 12.0. The lowest BCUT2D eigenvalue weighted by Crippen LogP contribution is -2.29. The highest BCUT2D eigenvalue weighted by molar-refractivity contribution is 6.35. The SMILES string of the molecule is NNC(=O)CCCn1ccc2c(Cl)cccc21. The Morgan fingerprint density at radius 2 is 2.24 bits per heavy atom. The van der Waals surface area contributed by atoms with Crippen molar-refractivity contribution in [3.63, 3.8) is 0 Å². The number of aryl methyl sites for hydroxylation is 1. The molecule has 0 saturated heterocycles. The lowest BCUT2D eigenvalue weighted by Gasteiger charge is -2.05. The Morgan fingerprint density at radius 1 is 1.41 bits per heavy atom. The number of nitrogens with one attached hydrogen (secondary N) is 1. The molecule has 1 heterocycles. The third kappa shape index (κ3) is 2.60. The Balaban J connectivity index is 2.09. The first-order chi connectivity index (χ1) is 8.22. The molecule has 0 spiro atoms. The normalized spacial score (nSPS) is 10.7. The molecular formula is C12H14ClN3O. The minimum Gasteiger partial charge on any atom is -0.347 e. The van der Waals surface area contributed by atoms with Crippen LogP contribution in [0.5, 0.6) is 0 Å². The van der Waals surface area contributed by atoms with E-state index in [-0.39, 0.29) is 5.91 Å². The molecule has 1 aromatic heterocycles. The van der Waals surface area contributed by atoms with Crippen LogP contribution in [0, 0.1) is 0 Å². The average Bonchev–Trinajstić information content (AvgIpc) is 2.74. The van der Waals surface area contributed by atoms with E-state index in [0.29, 0.717) is 6.42 Å². The van der Waals surface area contributed by atoms with E-state index in [9.17, 15) is 4.79 Å². The predicted octanol–water partition coefficient (Wildman–Crippen LogP) is 2.06. The summed E-state index contributed by atoms with van der Waals surface area (Å²) in [6, 6.07) is 7.80. The molecular weight excluding hydrogens is 238 g/mol. The van der Waals surface area contributed by atoms with Gasteiger partial charge in [0, 0.05) is 35.1 Å². The van der Waals surface area contributed by atoms with Crippen molar-refractivity contribution in [2.24, 2.45) is 5.84 Å². The molecule has 0 aliphatic rings. The molecule has 90 valence electrons. The maximum absolute atomic E-state index is 11.0. The van der Waals surface area contributed by atoms with Crippen molar-refractivity contribution in [3.05, 3.63) is 35.5 Å². The minimum atomic E-state index is -0.139. The smallest absolute Gasteiger partial charge is 0.233 e.